The van der Waals surface area contributed by atoms with Gasteiger partial charge < -0.3 is 35.8 Å². The summed E-state index contributed by atoms with van der Waals surface area (Å²) in [5.41, 5.74) is 10.5. The molecule has 0 aliphatic carbocycles. The minimum atomic E-state index is -0.955. The Labute approximate surface area is 277 Å². The minimum Gasteiger partial charge on any atom is -0.493 e. The maximum Gasteiger partial charge on any atom is 0.251 e. The van der Waals surface area contributed by atoms with E-state index in [1.165, 1.54) is 5.06 Å². The van der Waals surface area contributed by atoms with Crippen molar-refractivity contribution in [1.29, 1.82) is 0 Å². The summed E-state index contributed by atoms with van der Waals surface area (Å²) in [6.07, 6.45) is -1.03. The lowest BCUT2D eigenvalue weighted by Gasteiger charge is -2.26. The number of hydrogen-bond donors (Lipinski definition) is 4. The number of aliphatic hydroxyl groups is 2. The van der Waals surface area contributed by atoms with Gasteiger partial charge in [0.1, 0.15) is 17.9 Å². The average Bonchev–Trinajstić information content (AvgIpc) is 3.41. The largest absolute Gasteiger partial charge is 0.493 e. The van der Waals surface area contributed by atoms with E-state index in [4.69, 9.17) is 15.3 Å². The van der Waals surface area contributed by atoms with E-state index in [-0.39, 0.29) is 25.1 Å². The van der Waals surface area contributed by atoms with Crippen LogP contribution in [0.3, 0.4) is 0 Å². The van der Waals surface area contributed by atoms with Gasteiger partial charge in [0.2, 0.25) is 5.91 Å². The van der Waals surface area contributed by atoms with Gasteiger partial charge in [-0.3, -0.25) is 14.4 Å². The summed E-state index contributed by atoms with van der Waals surface area (Å²) < 4.78 is 6.21. The zero-order valence-corrected chi connectivity index (χ0v) is 28.2. The smallest absolute Gasteiger partial charge is 0.251 e. The molecule has 2 unspecified atom stereocenters. The Kier molecular flexibility index (Phi) is 12.4. The van der Waals surface area contributed by atoms with Crippen molar-refractivity contribution < 1.29 is 29.4 Å². The van der Waals surface area contributed by atoms with Gasteiger partial charge in [-0.2, -0.15) is 5.06 Å². The third kappa shape index (κ3) is 8.88. The van der Waals surface area contributed by atoms with E-state index in [0.717, 1.165) is 22.4 Å². The van der Waals surface area contributed by atoms with E-state index in [2.05, 4.69) is 22.3 Å². The van der Waals surface area contributed by atoms with Gasteiger partial charge in [-0.15, -0.1) is 0 Å². The van der Waals surface area contributed by atoms with E-state index in [1.54, 1.807) is 6.92 Å². The Morgan fingerprint density at radius 1 is 1.06 bits per heavy atom. The summed E-state index contributed by atoms with van der Waals surface area (Å²) in [6.45, 7) is 4.22. The molecule has 3 aromatic carbocycles. The third-order valence-electron chi connectivity index (χ3n) is 8.37. The molecule has 254 valence electrons. The number of carbonyl (C=O) groups excluding carboxylic acids is 2. The van der Waals surface area contributed by atoms with E-state index >= 15 is 0 Å². The number of nitrogens with zero attached hydrogens (tertiary/aromatic N) is 3. The van der Waals surface area contributed by atoms with E-state index in [0.29, 0.717) is 36.4 Å². The molecule has 0 aromatic heterocycles. The van der Waals surface area contributed by atoms with Crippen molar-refractivity contribution in [3.8, 4) is 16.9 Å². The molecule has 11 nitrogen and oxygen atoms in total. The second kappa shape index (κ2) is 16.2. The van der Waals surface area contributed by atoms with E-state index in [1.807, 2.05) is 94.6 Å². The number of hydroxylamine groups is 2. The molecular weight excluding hydrogens is 598 g/mol. The van der Waals surface area contributed by atoms with Crippen molar-refractivity contribution >= 4 is 17.5 Å². The van der Waals surface area contributed by atoms with Gasteiger partial charge >= 0.3 is 0 Å². The number of nitrogens with one attached hydrogen (secondary N) is 1. The first kappa shape index (κ1) is 35.8. The molecule has 0 bridgehead atoms. The number of para-hydroxylation sites is 1. The molecule has 11 heteroatoms. The Morgan fingerprint density at radius 3 is 2.38 bits per heavy atom. The number of ether oxygens (including phenoxy) is 1. The Balaban J connectivity index is 1.71. The highest BCUT2D eigenvalue weighted by atomic mass is 16.7. The van der Waals surface area contributed by atoms with Crippen LogP contribution in [0.2, 0.25) is 0 Å². The van der Waals surface area contributed by atoms with Gasteiger partial charge in [-0.05, 0) is 63.7 Å². The van der Waals surface area contributed by atoms with Gasteiger partial charge in [-0.1, -0.05) is 48.5 Å². The zero-order chi connectivity index (χ0) is 34.2. The van der Waals surface area contributed by atoms with Crippen molar-refractivity contribution in [3.63, 3.8) is 0 Å². The maximum atomic E-state index is 13.9. The lowest BCUT2D eigenvalue weighted by Crippen LogP contribution is -2.47. The number of likely N-dealkylation sites (N-methyl/N-ethyl adjacent to an activating group) is 1. The number of anilines is 1. The minimum absolute atomic E-state index is 0.111. The van der Waals surface area contributed by atoms with Crippen molar-refractivity contribution in [2.75, 3.05) is 52.8 Å². The molecule has 0 saturated carbocycles. The van der Waals surface area contributed by atoms with Crippen LogP contribution in [-0.4, -0.2) is 104 Å². The number of primary amides is 1. The van der Waals surface area contributed by atoms with Gasteiger partial charge in [0, 0.05) is 55.0 Å². The predicted molar refractivity (Wildman–Crippen MR) is 183 cm³/mol. The van der Waals surface area contributed by atoms with Crippen molar-refractivity contribution in [2.45, 2.75) is 51.1 Å². The summed E-state index contributed by atoms with van der Waals surface area (Å²) in [5, 5.41) is 25.0. The van der Waals surface area contributed by atoms with Crippen LogP contribution >= 0.6 is 0 Å². The second-order valence-corrected chi connectivity index (χ2v) is 12.6. The summed E-state index contributed by atoms with van der Waals surface area (Å²) >= 11 is 0. The first-order chi connectivity index (χ1) is 22.4. The van der Waals surface area contributed by atoms with Crippen molar-refractivity contribution in [1.82, 2.24) is 15.3 Å². The molecule has 5 atom stereocenters. The molecule has 47 heavy (non-hydrogen) atoms. The first-order valence-electron chi connectivity index (χ1n) is 16.0. The molecule has 1 aliphatic rings. The third-order valence-corrected chi connectivity index (χ3v) is 8.37. The Hall–Kier alpha value is -4.00. The molecular formula is C36H49N5O6. The first-order valence-corrected chi connectivity index (χ1v) is 16.0. The van der Waals surface area contributed by atoms with Crippen LogP contribution in [0.4, 0.5) is 5.69 Å². The number of aliphatic hydroxyl groups excluding tert-OH is 2. The summed E-state index contributed by atoms with van der Waals surface area (Å²) in [6, 6.07) is 20.5. The van der Waals surface area contributed by atoms with Crippen molar-refractivity contribution in [3.05, 3.63) is 83.4 Å². The lowest BCUT2D eigenvalue weighted by molar-refractivity contribution is -0.181. The van der Waals surface area contributed by atoms with Crippen LogP contribution in [0, 0.1) is 5.92 Å². The molecule has 0 spiro atoms. The molecule has 4 rings (SSSR count). The number of carbonyl (C=O) groups is 2. The SMILES string of the molecule is CCOc1c(CN2OC(CO)C([C@H](C)O)[C@H]2C(N)=O)cccc1-c1cc(C(=O)N[C@@H](Cc2ccccc2)CN(C)C)cc(N(C)C)c1. The summed E-state index contributed by atoms with van der Waals surface area (Å²) in [4.78, 5) is 36.4. The highest BCUT2D eigenvalue weighted by Crippen LogP contribution is 2.39. The van der Waals surface area contributed by atoms with Gasteiger partial charge in [0.15, 0.2) is 0 Å². The van der Waals surface area contributed by atoms with Crippen LogP contribution in [0.5, 0.6) is 5.75 Å². The highest BCUT2D eigenvalue weighted by Gasteiger charge is 2.48. The van der Waals surface area contributed by atoms with Gasteiger partial charge in [0.05, 0.1) is 25.9 Å². The van der Waals surface area contributed by atoms with Crippen LogP contribution < -0.4 is 20.7 Å². The summed E-state index contributed by atoms with van der Waals surface area (Å²) in [5.74, 6) is -0.970. The lowest BCUT2D eigenvalue weighted by atomic mass is 9.89. The highest BCUT2D eigenvalue weighted by molar-refractivity contribution is 5.97. The number of rotatable bonds is 15. The average molecular weight is 648 g/mol. The monoisotopic (exact) mass is 647 g/mol. The van der Waals surface area contributed by atoms with Crippen LogP contribution in [-0.2, 0) is 22.6 Å². The number of amides is 2. The summed E-state index contributed by atoms with van der Waals surface area (Å²) in [7, 11) is 7.83. The molecule has 1 aliphatic heterocycles. The fourth-order valence-electron chi connectivity index (χ4n) is 6.25. The van der Waals surface area contributed by atoms with E-state index in [9.17, 15) is 19.8 Å². The Morgan fingerprint density at radius 2 is 1.79 bits per heavy atom. The number of hydrogen-bond acceptors (Lipinski definition) is 9. The van der Waals surface area contributed by atoms with Gasteiger partial charge in [0.25, 0.3) is 5.91 Å². The van der Waals surface area contributed by atoms with Crippen molar-refractivity contribution in [2.24, 2.45) is 11.7 Å². The molecule has 0 radical (unpaired) electrons. The van der Waals surface area contributed by atoms with Crippen LogP contribution in [0.15, 0.2) is 66.7 Å². The Bertz CT molecular complexity index is 1500. The second-order valence-electron chi connectivity index (χ2n) is 12.6. The predicted octanol–water partition coefficient (Wildman–Crippen LogP) is 2.68. The molecule has 1 saturated heterocycles. The molecule has 5 N–H and O–H groups in total. The van der Waals surface area contributed by atoms with Gasteiger partial charge in [-0.25, -0.2) is 0 Å². The zero-order valence-electron chi connectivity index (χ0n) is 28.2. The topological polar surface area (TPSA) is 141 Å². The fourth-order valence-corrected chi connectivity index (χ4v) is 6.25. The molecule has 3 aromatic rings. The fraction of sp³-hybridized carbons (Fsp3) is 0.444. The number of nitrogens with two attached hydrogens (primary N) is 1. The quantitative estimate of drug-likeness (QED) is 0.196. The standard InChI is InChI=1S/C36H49N5O6/c1-7-46-34-25(20-41-33(35(37)44)32(23(2)43)31(22-42)47-41)14-11-15-30(34)26-17-27(19-29(18-26)40(5)6)36(45)38-28(21-39(3)4)16-24-12-9-8-10-13-24/h8-15,17-19,23,28,31-33,42-43H,7,16,20-22H2,1-6H3,(H2,37,44)(H,38,45)/t23-,28-,31?,32?,33-/m0/s1. The normalized spacial score (nSPS) is 19.4. The van der Waals surface area contributed by atoms with Crippen LogP contribution in [0.1, 0.15) is 35.3 Å². The maximum absolute atomic E-state index is 13.9. The molecule has 2 amide bonds. The number of benzene rings is 3. The van der Waals surface area contributed by atoms with Crippen LogP contribution in [0.25, 0.3) is 11.1 Å². The molecule has 1 heterocycles. The molecule has 1 fully saturated rings. The van der Waals surface area contributed by atoms with E-state index < -0.39 is 30.1 Å².